The Morgan fingerprint density at radius 3 is 2.44 bits per heavy atom. The molecule has 1 amide bonds. The van der Waals surface area contributed by atoms with Gasteiger partial charge in [0, 0.05) is 25.5 Å². The maximum Gasteiger partial charge on any atom is 0.266 e. The number of thiazole rings is 1. The zero-order valence-corrected chi connectivity index (χ0v) is 16.4. The van der Waals surface area contributed by atoms with Crippen LogP contribution in [0.25, 0.3) is 5.13 Å². The number of amides is 1. The van der Waals surface area contributed by atoms with Gasteiger partial charge in [-0.05, 0) is 48.7 Å². The fraction of sp³-hybridized carbons (Fsp3) is 0.300. The van der Waals surface area contributed by atoms with Gasteiger partial charge in [-0.1, -0.05) is 11.3 Å². The molecule has 3 aromatic rings. The summed E-state index contributed by atoms with van der Waals surface area (Å²) in [5.74, 6) is 1.45. The van der Waals surface area contributed by atoms with E-state index < -0.39 is 0 Å². The molecular weight excluding hydrogens is 362 g/mol. The van der Waals surface area contributed by atoms with Gasteiger partial charge in [-0.2, -0.15) is 0 Å². The summed E-state index contributed by atoms with van der Waals surface area (Å²) >= 11 is 1.43. The number of aryl methyl sites for hydroxylation is 1. The number of benzene rings is 1. The summed E-state index contributed by atoms with van der Waals surface area (Å²) in [6.07, 6.45) is 4.66. The van der Waals surface area contributed by atoms with E-state index in [9.17, 15) is 4.79 Å². The summed E-state index contributed by atoms with van der Waals surface area (Å²) in [5, 5.41) is 0.810. The molecule has 1 aliphatic heterocycles. The third-order valence-electron chi connectivity index (χ3n) is 4.81. The van der Waals surface area contributed by atoms with Crippen molar-refractivity contribution in [2.75, 3.05) is 20.8 Å². The average Bonchev–Trinajstić information content (AvgIpc) is 3.35. The summed E-state index contributed by atoms with van der Waals surface area (Å²) in [4.78, 5) is 20.3. The van der Waals surface area contributed by atoms with Gasteiger partial charge in [-0.3, -0.25) is 4.79 Å². The van der Waals surface area contributed by atoms with Crippen LogP contribution in [0, 0.1) is 6.92 Å². The largest absolute Gasteiger partial charge is 0.493 e. The molecule has 0 spiro atoms. The first kappa shape index (κ1) is 17.6. The minimum atomic E-state index is 0.0313. The molecule has 1 aromatic carbocycles. The number of ether oxygens (including phenoxy) is 2. The Morgan fingerprint density at radius 1 is 1.11 bits per heavy atom. The van der Waals surface area contributed by atoms with Crippen LogP contribution in [-0.4, -0.2) is 41.1 Å². The fourth-order valence-corrected chi connectivity index (χ4v) is 4.36. The first-order valence-electron chi connectivity index (χ1n) is 8.74. The average molecular weight is 383 g/mol. The molecule has 0 aliphatic carbocycles. The Bertz CT molecular complexity index is 979. The highest BCUT2D eigenvalue weighted by atomic mass is 32.1. The van der Waals surface area contributed by atoms with Crippen molar-refractivity contribution in [3.63, 3.8) is 0 Å². The van der Waals surface area contributed by atoms with Gasteiger partial charge in [0.1, 0.15) is 4.88 Å². The maximum atomic E-state index is 13.1. The Kier molecular flexibility index (Phi) is 4.61. The Morgan fingerprint density at radius 2 is 1.78 bits per heavy atom. The van der Waals surface area contributed by atoms with Gasteiger partial charge in [-0.15, -0.1) is 0 Å². The predicted molar refractivity (Wildman–Crippen MR) is 104 cm³/mol. The molecule has 0 N–H and O–H groups in total. The van der Waals surface area contributed by atoms with Crippen molar-refractivity contribution in [3.8, 4) is 16.6 Å². The molecule has 140 valence electrons. The molecule has 0 fully saturated rings. The quantitative estimate of drug-likeness (QED) is 0.692. The lowest BCUT2D eigenvalue weighted by molar-refractivity contribution is 0.0738. The second-order valence-electron chi connectivity index (χ2n) is 6.45. The van der Waals surface area contributed by atoms with E-state index in [1.54, 1.807) is 14.2 Å². The van der Waals surface area contributed by atoms with Crippen LogP contribution >= 0.6 is 11.3 Å². The van der Waals surface area contributed by atoms with E-state index in [0.29, 0.717) is 23.7 Å². The van der Waals surface area contributed by atoms with Gasteiger partial charge in [0.05, 0.1) is 19.9 Å². The molecule has 0 atom stereocenters. The van der Waals surface area contributed by atoms with Crippen molar-refractivity contribution in [1.29, 1.82) is 0 Å². The van der Waals surface area contributed by atoms with Crippen LogP contribution in [0.2, 0.25) is 0 Å². The molecule has 0 saturated carbocycles. The number of carbonyl (C=O) groups is 1. The maximum absolute atomic E-state index is 13.1. The number of aromatic nitrogens is 2. The van der Waals surface area contributed by atoms with Gasteiger partial charge in [0.25, 0.3) is 5.91 Å². The van der Waals surface area contributed by atoms with Crippen molar-refractivity contribution in [2.24, 2.45) is 0 Å². The number of carbonyl (C=O) groups excluding carboxylic acids is 1. The summed E-state index contributed by atoms with van der Waals surface area (Å²) < 4.78 is 12.7. The standard InChI is InChI=1S/C20H21N3O3S/c1-13-18(27-20(21-13)22-7-4-5-8-22)19(24)23-9-6-14-10-16(25-2)17(26-3)11-15(14)12-23/h4-5,7-8,10-11H,6,9,12H2,1-3H3. The van der Waals surface area contributed by atoms with Crippen molar-refractivity contribution >= 4 is 17.2 Å². The summed E-state index contributed by atoms with van der Waals surface area (Å²) in [6.45, 7) is 3.13. The number of rotatable bonds is 4. The Hall–Kier alpha value is -2.80. The van der Waals surface area contributed by atoms with E-state index in [0.717, 1.165) is 28.6 Å². The number of hydrogen-bond donors (Lipinski definition) is 0. The minimum absolute atomic E-state index is 0.0313. The van der Waals surface area contributed by atoms with Crippen LogP contribution in [0.15, 0.2) is 36.7 Å². The zero-order chi connectivity index (χ0) is 19.0. The molecule has 6 nitrogen and oxygen atoms in total. The normalized spacial score (nSPS) is 13.4. The van der Waals surface area contributed by atoms with Crippen molar-refractivity contribution < 1.29 is 14.3 Å². The summed E-state index contributed by atoms with van der Waals surface area (Å²) in [7, 11) is 3.26. The molecule has 0 unspecified atom stereocenters. The lowest BCUT2D eigenvalue weighted by atomic mass is 9.98. The highest BCUT2D eigenvalue weighted by molar-refractivity contribution is 7.16. The number of hydrogen-bond acceptors (Lipinski definition) is 5. The van der Waals surface area contributed by atoms with Crippen LogP contribution < -0.4 is 9.47 Å². The van der Waals surface area contributed by atoms with Crippen LogP contribution in [0.1, 0.15) is 26.5 Å². The van der Waals surface area contributed by atoms with E-state index in [4.69, 9.17) is 9.47 Å². The minimum Gasteiger partial charge on any atom is -0.493 e. The van der Waals surface area contributed by atoms with Gasteiger partial charge in [-0.25, -0.2) is 4.98 Å². The summed E-state index contributed by atoms with van der Waals surface area (Å²) in [5.41, 5.74) is 3.07. The van der Waals surface area contributed by atoms with E-state index in [1.165, 1.54) is 16.9 Å². The topological polar surface area (TPSA) is 56.6 Å². The van der Waals surface area contributed by atoms with Gasteiger partial charge < -0.3 is 18.9 Å². The molecule has 4 rings (SSSR count). The van der Waals surface area contributed by atoms with Crippen molar-refractivity contribution in [2.45, 2.75) is 19.9 Å². The van der Waals surface area contributed by atoms with Crippen LogP contribution in [0.5, 0.6) is 11.5 Å². The first-order chi connectivity index (χ1) is 13.1. The van der Waals surface area contributed by atoms with Crippen LogP contribution in [0.4, 0.5) is 0 Å². The molecule has 7 heteroatoms. The van der Waals surface area contributed by atoms with Gasteiger partial charge >= 0.3 is 0 Å². The second-order valence-corrected chi connectivity index (χ2v) is 7.43. The zero-order valence-electron chi connectivity index (χ0n) is 15.6. The number of nitrogens with zero attached hydrogens (tertiary/aromatic N) is 3. The van der Waals surface area contributed by atoms with E-state index in [-0.39, 0.29) is 5.91 Å². The lowest BCUT2D eigenvalue weighted by Gasteiger charge is -2.29. The molecular formula is C20H21N3O3S. The smallest absolute Gasteiger partial charge is 0.266 e. The molecule has 2 aromatic heterocycles. The first-order valence-corrected chi connectivity index (χ1v) is 9.56. The molecule has 3 heterocycles. The summed E-state index contributed by atoms with van der Waals surface area (Å²) in [6, 6.07) is 7.87. The lowest BCUT2D eigenvalue weighted by Crippen LogP contribution is -2.35. The van der Waals surface area contributed by atoms with E-state index >= 15 is 0 Å². The predicted octanol–water partition coefficient (Wildman–Crippen LogP) is 3.46. The van der Waals surface area contributed by atoms with Crippen molar-refractivity contribution in [1.82, 2.24) is 14.5 Å². The van der Waals surface area contributed by atoms with Gasteiger partial charge in [0.2, 0.25) is 0 Å². The molecule has 0 saturated heterocycles. The third-order valence-corrected chi connectivity index (χ3v) is 5.97. The van der Waals surface area contributed by atoms with Crippen LogP contribution in [-0.2, 0) is 13.0 Å². The number of fused-ring (bicyclic) bond motifs is 1. The second kappa shape index (κ2) is 7.08. The SMILES string of the molecule is COc1cc2c(cc1OC)CN(C(=O)c1sc(-n3cccc3)nc1C)CC2. The van der Waals surface area contributed by atoms with E-state index in [2.05, 4.69) is 4.98 Å². The third kappa shape index (κ3) is 3.19. The van der Waals surface area contributed by atoms with Crippen LogP contribution in [0.3, 0.4) is 0 Å². The number of methoxy groups -OCH3 is 2. The molecule has 1 aliphatic rings. The van der Waals surface area contributed by atoms with Crippen molar-refractivity contribution in [3.05, 3.63) is 58.4 Å². The molecule has 27 heavy (non-hydrogen) atoms. The van der Waals surface area contributed by atoms with E-state index in [1.807, 2.05) is 53.0 Å². The Balaban J connectivity index is 1.60. The monoisotopic (exact) mass is 383 g/mol. The van der Waals surface area contributed by atoms with Gasteiger partial charge in [0.15, 0.2) is 16.6 Å². The fourth-order valence-electron chi connectivity index (χ4n) is 3.35. The Labute approximate surface area is 162 Å². The highest BCUT2D eigenvalue weighted by Gasteiger charge is 2.26. The molecule has 0 bridgehead atoms. The molecule has 0 radical (unpaired) electrons. The highest BCUT2D eigenvalue weighted by Crippen LogP contribution is 2.34.